The van der Waals surface area contributed by atoms with Gasteiger partial charge in [-0.15, -0.1) is 0 Å². The Morgan fingerprint density at radius 2 is 2.00 bits per heavy atom. The van der Waals surface area contributed by atoms with E-state index in [1.807, 2.05) is 36.4 Å². The maximum absolute atomic E-state index is 11.9. The first-order valence-electron chi connectivity index (χ1n) is 6.45. The van der Waals surface area contributed by atoms with Crippen LogP contribution in [0, 0.1) is 0 Å². The first kappa shape index (κ1) is 13.9. The number of hydrogen-bond donors (Lipinski definition) is 0. The van der Waals surface area contributed by atoms with E-state index in [0.717, 1.165) is 5.56 Å². The van der Waals surface area contributed by atoms with E-state index in [1.165, 1.54) is 0 Å². The molecule has 3 nitrogen and oxygen atoms in total. The lowest BCUT2D eigenvalue weighted by Crippen LogP contribution is -2.05. The predicted molar refractivity (Wildman–Crippen MR) is 78.8 cm³/mol. The molecule has 2 rings (SSSR count). The lowest BCUT2D eigenvalue weighted by atomic mass is 10.1. The minimum atomic E-state index is -0.348. The second-order valence-corrected chi connectivity index (χ2v) is 4.08. The number of benzene rings is 1. The summed E-state index contributed by atoms with van der Waals surface area (Å²) in [6, 6.07) is 13.3. The summed E-state index contributed by atoms with van der Waals surface area (Å²) in [5.41, 5.74) is 1.43. The third-order valence-electron chi connectivity index (χ3n) is 2.60. The third-order valence-corrected chi connectivity index (χ3v) is 2.60. The van der Waals surface area contributed by atoms with Crippen molar-refractivity contribution in [2.75, 3.05) is 6.61 Å². The van der Waals surface area contributed by atoms with Gasteiger partial charge < -0.3 is 9.15 Å². The Morgan fingerprint density at radius 3 is 2.65 bits per heavy atom. The van der Waals surface area contributed by atoms with Gasteiger partial charge in [-0.25, -0.2) is 4.79 Å². The van der Waals surface area contributed by atoms with Crippen LogP contribution in [0.15, 0.2) is 64.8 Å². The number of rotatable bonds is 5. The molecule has 0 fully saturated rings. The van der Waals surface area contributed by atoms with Crippen molar-refractivity contribution in [1.29, 1.82) is 0 Å². The molecule has 1 heterocycles. The lowest BCUT2D eigenvalue weighted by molar-refractivity contribution is -0.138. The molecule has 0 aliphatic carbocycles. The highest BCUT2D eigenvalue weighted by Crippen LogP contribution is 2.12. The van der Waals surface area contributed by atoms with E-state index in [2.05, 4.69) is 0 Å². The Morgan fingerprint density at radius 1 is 1.20 bits per heavy atom. The van der Waals surface area contributed by atoms with Crippen molar-refractivity contribution >= 4 is 18.1 Å². The van der Waals surface area contributed by atoms with Crippen LogP contribution in [0.1, 0.15) is 18.2 Å². The molecule has 1 aromatic heterocycles. The van der Waals surface area contributed by atoms with Gasteiger partial charge >= 0.3 is 5.97 Å². The highest BCUT2D eigenvalue weighted by molar-refractivity contribution is 5.97. The molecule has 20 heavy (non-hydrogen) atoms. The average Bonchev–Trinajstić information content (AvgIpc) is 2.98. The van der Waals surface area contributed by atoms with E-state index < -0.39 is 0 Å². The molecule has 0 atom stereocenters. The van der Waals surface area contributed by atoms with Crippen LogP contribution < -0.4 is 0 Å². The van der Waals surface area contributed by atoms with Gasteiger partial charge in [-0.1, -0.05) is 30.3 Å². The summed E-state index contributed by atoms with van der Waals surface area (Å²) in [5.74, 6) is 0.340. The van der Waals surface area contributed by atoms with Gasteiger partial charge in [0.15, 0.2) is 0 Å². The minimum absolute atomic E-state index is 0.347. The molecule has 3 heteroatoms. The molecule has 2 aromatic rings. The van der Waals surface area contributed by atoms with Crippen LogP contribution in [0.25, 0.3) is 12.2 Å². The normalized spacial score (nSPS) is 11.8. The zero-order valence-electron chi connectivity index (χ0n) is 11.3. The molecular weight excluding hydrogens is 252 g/mol. The summed E-state index contributed by atoms with van der Waals surface area (Å²) in [6.07, 6.45) is 6.82. The smallest absolute Gasteiger partial charge is 0.338 e. The molecule has 1 aromatic carbocycles. The molecular formula is C17H16O3. The van der Waals surface area contributed by atoms with Crippen molar-refractivity contribution in [3.05, 3.63) is 71.7 Å². The van der Waals surface area contributed by atoms with Crippen LogP contribution in [0.3, 0.4) is 0 Å². The van der Waals surface area contributed by atoms with Gasteiger partial charge in [-0.05, 0) is 42.8 Å². The molecule has 0 spiro atoms. The molecule has 0 aliphatic heterocycles. The van der Waals surface area contributed by atoms with Crippen LogP contribution >= 0.6 is 0 Å². The zero-order valence-corrected chi connectivity index (χ0v) is 11.3. The summed E-state index contributed by atoms with van der Waals surface area (Å²) in [7, 11) is 0. The maximum Gasteiger partial charge on any atom is 0.338 e. The molecule has 0 saturated heterocycles. The fourth-order valence-corrected chi connectivity index (χ4v) is 1.68. The molecule has 0 amide bonds. The molecule has 0 unspecified atom stereocenters. The molecule has 0 N–H and O–H groups in total. The monoisotopic (exact) mass is 268 g/mol. The molecule has 0 radical (unpaired) electrons. The molecule has 0 bridgehead atoms. The van der Waals surface area contributed by atoms with E-state index in [9.17, 15) is 4.79 Å². The van der Waals surface area contributed by atoms with Gasteiger partial charge in [0.05, 0.1) is 18.4 Å². The first-order valence-corrected chi connectivity index (χ1v) is 6.45. The van der Waals surface area contributed by atoms with Crippen LogP contribution in [-0.2, 0) is 9.53 Å². The molecule has 0 saturated carbocycles. The van der Waals surface area contributed by atoms with Crippen LogP contribution in [0.2, 0.25) is 0 Å². The highest BCUT2D eigenvalue weighted by Gasteiger charge is 2.07. The van der Waals surface area contributed by atoms with Crippen LogP contribution in [0.4, 0.5) is 0 Å². The minimum Gasteiger partial charge on any atom is -0.465 e. The Kier molecular flexibility index (Phi) is 4.95. The third kappa shape index (κ3) is 3.99. The standard InChI is InChI=1S/C17H16O3/c1-2-19-17(18)15(10-11-16-9-6-12-20-16)13-14-7-4-3-5-8-14/h3-13H,2H2,1H3/b11-10+,15-13+. The van der Waals surface area contributed by atoms with Crippen molar-refractivity contribution in [2.45, 2.75) is 6.92 Å². The summed E-state index contributed by atoms with van der Waals surface area (Å²) in [5, 5.41) is 0. The largest absolute Gasteiger partial charge is 0.465 e. The Labute approximate surface area is 118 Å². The van der Waals surface area contributed by atoms with Gasteiger partial charge in [0.2, 0.25) is 0 Å². The number of furan rings is 1. The molecule has 102 valence electrons. The van der Waals surface area contributed by atoms with E-state index >= 15 is 0 Å². The van der Waals surface area contributed by atoms with Gasteiger partial charge in [0.25, 0.3) is 0 Å². The average molecular weight is 268 g/mol. The fraction of sp³-hybridized carbons (Fsp3) is 0.118. The number of carbonyl (C=O) groups excluding carboxylic acids is 1. The van der Waals surface area contributed by atoms with Gasteiger partial charge in [-0.2, -0.15) is 0 Å². The fourth-order valence-electron chi connectivity index (χ4n) is 1.68. The highest BCUT2D eigenvalue weighted by atomic mass is 16.5. The van der Waals surface area contributed by atoms with Crippen LogP contribution in [-0.4, -0.2) is 12.6 Å². The SMILES string of the molecule is CCOC(=O)C(/C=C/c1ccco1)=C/c1ccccc1. The lowest BCUT2D eigenvalue weighted by Gasteiger charge is -2.02. The Hall–Kier alpha value is -2.55. The van der Waals surface area contributed by atoms with E-state index in [4.69, 9.17) is 9.15 Å². The first-order chi connectivity index (χ1) is 9.79. The Bertz CT molecular complexity index is 592. The second-order valence-electron chi connectivity index (χ2n) is 4.08. The van der Waals surface area contributed by atoms with E-state index in [1.54, 1.807) is 37.5 Å². The van der Waals surface area contributed by atoms with Crippen molar-refractivity contribution in [1.82, 2.24) is 0 Å². The van der Waals surface area contributed by atoms with Gasteiger partial charge in [-0.3, -0.25) is 0 Å². The van der Waals surface area contributed by atoms with Gasteiger partial charge in [0, 0.05) is 0 Å². The maximum atomic E-state index is 11.9. The number of carbonyl (C=O) groups is 1. The van der Waals surface area contributed by atoms with Crippen molar-refractivity contribution in [3.8, 4) is 0 Å². The van der Waals surface area contributed by atoms with Crippen LogP contribution in [0.5, 0.6) is 0 Å². The second kappa shape index (κ2) is 7.14. The summed E-state index contributed by atoms with van der Waals surface area (Å²) < 4.78 is 10.3. The van der Waals surface area contributed by atoms with Crippen molar-refractivity contribution in [2.24, 2.45) is 0 Å². The van der Waals surface area contributed by atoms with Crippen molar-refractivity contribution < 1.29 is 13.9 Å². The summed E-state index contributed by atoms with van der Waals surface area (Å²) in [4.78, 5) is 11.9. The topological polar surface area (TPSA) is 39.4 Å². The quantitative estimate of drug-likeness (QED) is 0.468. The van der Waals surface area contributed by atoms with E-state index in [-0.39, 0.29) is 5.97 Å². The zero-order chi connectivity index (χ0) is 14.2. The molecule has 0 aliphatic rings. The summed E-state index contributed by atoms with van der Waals surface area (Å²) >= 11 is 0. The van der Waals surface area contributed by atoms with E-state index in [0.29, 0.717) is 17.9 Å². The number of ether oxygens (including phenoxy) is 1. The Balaban J connectivity index is 2.25. The van der Waals surface area contributed by atoms with Crippen molar-refractivity contribution in [3.63, 3.8) is 0 Å². The summed E-state index contributed by atoms with van der Waals surface area (Å²) in [6.45, 7) is 2.13. The number of hydrogen-bond acceptors (Lipinski definition) is 3. The van der Waals surface area contributed by atoms with Gasteiger partial charge in [0.1, 0.15) is 5.76 Å². The predicted octanol–water partition coefficient (Wildman–Crippen LogP) is 3.94. The number of esters is 1.